The summed E-state index contributed by atoms with van der Waals surface area (Å²) in [6.45, 7) is 1.80. The molecule has 1 atom stereocenters. The number of amidine groups is 1. The summed E-state index contributed by atoms with van der Waals surface area (Å²) in [6, 6.07) is 9.90. The number of nitrogens with zero attached hydrogens (tertiary/aromatic N) is 1. The SMILES string of the molecule is CC1N=C(SCc2ccccc2)NC1=O. The van der Waals surface area contributed by atoms with Crippen LogP contribution < -0.4 is 5.32 Å². The summed E-state index contributed by atoms with van der Waals surface area (Å²) in [4.78, 5) is 15.4. The van der Waals surface area contributed by atoms with Gasteiger partial charge in [-0.15, -0.1) is 0 Å². The lowest BCUT2D eigenvalue weighted by Gasteiger charge is -2.00. The first-order valence-electron chi connectivity index (χ1n) is 4.81. The van der Waals surface area contributed by atoms with E-state index in [4.69, 9.17) is 0 Å². The molecule has 1 unspecified atom stereocenters. The Morgan fingerprint density at radius 3 is 2.73 bits per heavy atom. The highest BCUT2D eigenvalue weighted by atomic mass is 32.2. The van der Waals surface area contributed by atoms with Gasteiger partial charge in [-0.05, 0) is 12.5 Å². The number of carbonyl (C=O) groups is 1. The average Bonchev–Trinajstić information content (AvgIpc) is 2.57. The second-order valence-electron chi connectivity index (χ2n) is 3.37. The first-order valence-corrected chi connectivity index (χ1v) is 5.79. The van der Waals surface area contributed by atoms with Crippen molar-refractivity contribution in [2.24, 2.45) is 4.99 Å². The van der Waals surface area contributed by atoms with E-state index in [0.717, 1.165) is 10.9 Å². The third kappa shape index (κ3) is 2.59. The Hall–Kier alpha value is -1.29. The number of nitrogens with one attached hydrogen (secondary N) is 1. The quantitative estimate of drug-likeness (QED) is 0.825. The lowest BCUT2D eigenvalue weighted by atomic mass is 10.2. The van der Waals surface area contributed by atoms with Crippen LogP contribution in [0.3, 0.4) is 0 Å². The largest absolute Gasteiger partial charge is 0.304 e. The number of aliphatic imine (C=N–C) groups is 1. The van der Waals surface area contributed by atoms with Gasteiger partial charge in [0.15, 0.2) is 5.17 Å². The second kappa shape index (κ2) is 4.49. The van der Waals surface area contributed by atoms with Crippen LogP contribution >= 0.6 is 11.8 Å². The highest BCUT2D eigenvalue weighted by molar-refractivity contribution is 8.13. The van der Waals surface area contributed by atoms with E-state index in [2.05, 4.69) is 22.4 Å². The molecule has 0 fully saturated rings. The van der Waals surface area contributed by atoms with Crippen LogP contribution in [0.25, 0.3) is 0 Å². The van der Waals surface area contributed by atoms with Gasteiger partial charge >= 0.3 is 0 Å². The van der Waals surface area contributed by atoms with Crippen LogP contribution in [0.15, 0.2) is 35.3 Å². The van der Waals surface area contributed by atoms with Crippen molar-refractivity contribution in [3.05, 3.63) is 35.9 Å². The summed E-state index contributed by atoms with van der Waals surface area (Å²) in [5, 5.41) is 3.48. The fourth-order valence-electron chi connectivity index (χ4n) is 1.28. The highest BCUT2D eigenvalue weighted by Gasteiger charge is 2.21. The molecular weight excluding hydrogens is 208 g/mol. The minimum atomic E-state index is -0.233. The number of amides is 1. The van der Waals surface area contributed by atoms with E-state index >= 15 is 0 Å². The average molecular weight is 220 g/mol. The fraction of sp³-hybridized carbons (Fsp3) is 0.273. The zero-order valence-electron chi connectivity index (χ0n) is 8.43. The third-order valence-corrected chi connectivity index (χ3v) is 3.10. The first-order chi connectivity index (χ1) is 7.25. The molecule has 0 radical (unpaired) electrons. The zero-order chi connectivity index (χ0) is 10.7. The van der Waals surface area contributed by atoms with Crippen molar-refractivity contribution >= 4 is 22.8 Å². The molecule has 0 aromatic heterocycles. The van der Waals surface area contributed by atoms with Crippen molar-refractivity contribution in [1.29, 1.82) is 0 Å². The standard InChI is InChI=1S/C11H12N2OS/c1-8-10(14)13-11(12-8)15-7-9-5-3-2-4-6-9/h2-6,8H,7H2,1H3,(H,12,13,14). The van der Waals surface area contributed by atoms with Gasteiger partial charge in [-0.3, -0.25) is 4.79 Å². The van der Waals surface area contributed by atoms with Gasteiger partial charge < -0.3 is 5.32 Å². The number of thioether (sulfide) groups is 1. The maximum atomic E-state index is 11.2. The van der Waals surface area contributed by atoms with E-state index in [1.165, 1.54) is 5.56 Å². The minimum Gasteiger partial charge on any atom is -0.304 e. The Balaban J connectivity index is 1.90. The number of rotatable bonds is 2. The van der Waals surface area contributed by atoms with Crippen molar-refractivity contribution in [3.8, 4) is 0 Å². The number of carbonyl (C=O) groups excluding carboxylic acids is 1. The predicted octanol–water partition coefficient (Wildman–Crippen LogP) is 1.79. The van der Waals surface area contributed by atoms with E-state index in [-0.39, 0.29) is 11.9 Å². The molecule has 2 rings (SSSR count). The van der Waals surface area contributed by atoms with Crippen LogP contribution in [0.4, 0.5) is 0 Å². The van der Waals surface area contributed by atoms with Gasteiger partial charge in [-0.1, -0.05) is 42.1 Å². The van der Waals surface area contributed by atoms with Crippen molar-refractivity contribution in [1.82, 2.24) is 5.32 Å². The Kier molecular flexibility index (Phi) is 3.06. The number of hydrogen-bond donors (Lipinski definition) is 1. The van der Waals surface area contributed by atoms with Crippen molar-refractivity contribution in [2.75, 3.05) is 0 Å². The van der Waals surface area contributed by atoms with Crippen LogP contribution in [-0.4, -0.2) is 17.1 Å². The Labute approximate surface area is 93.0 Å². The van der Waals surface area contributed by atoms with Crippen LogP contribution in [-0.2, 0) is 10.5 Å². The molecule has 0 bridgehead atoms. The number of hydrogen-bond acceptors (Lipinski definition) is 3. The van der Waals surface area contributed by atoms with E-state index < -0.39 is 0 Å². The summed E-state index contributed by atoms with van der Waals surface area (Å²) in [6.07, 6.45) is 0. The predicted molar refractivity (Wildman–Crippen MR) is 62.8 cm³/mol. The third-order valence-electron chi connectivity index (χ3n) is 2.14. The molecule has 0 saturated heterocycles. The Bertz CT molecular complexity index is 389. The Morgan fingerprint density at radius 1 is 1.40 bits per heavy atom. The van der Waals surface area contributed by atoms with Gasteiger partial charge in [0.05, 0.1) is 0 Å². The van der Waals surface area contributed by atoms with Crippen molar-refractivity contribution in [2.45, 2.75) is 18.7 Å². The van der Waals surface area contributed by atoms with Crippen LogP contribution in [0.1, 0.15) is 12.5 Å². The molecule has 0 saturated carbocycles. The van der Waals surface area contributed by atoms with Crippen molar-refractivity contribution in [3.63, 3.8) is 0 Å². The molecule has 1 aromatic carbocycles. The maximum Gasteiger partial charge on any atom is 0.250 e. The first kappa shape index (κ1) is 10.2. The zero-order valence-corrected chi connectivity index (χ0v) is 9.25. The molecule has 1 heterocycles. The second-order valence-corrected chi connectivity index (χ2v) is 4.34. The van der Waals surface area contributed by atoms with Crippen molar-refractivity contribution < 1.29 is 4.79 Å². The molecule has 1 aliphatic rings. The summed E-state index contributed by atoms with van der Waals surface area (Å²) in [7, 11) is 0. The van der Waals surface area contributed by atoms with E-state index in [0.29, 0.717) is 0 Å². The molecule has 15 heavy (non-hydrogen) atoms. The van der Waals surface area contributed by atoms with Gasteiger partial charge in [0.25, 0.3) is 5.91 Å². The van der Waals surface area contributed by atoms with E-state index in [1.807, 2.05) is 18.2 Å². The molecule has 78 valence electrons. The molecule has 1 amide bonds. The topological polar surface area (TPSA) is 41.5 Å². The molecular formula is C11H12N2OS. The van der Waals surface area contributed by atoms with Gasteiger partial charge in [0.1, 0.15) is 6.04 Å². The molecule has 1 aliphatic heterocycles. The summed E-state index contributed by atoms with van der Waals surface area (Å²) in [5.41, 5.74) is 1.24. The molecule has 3 nitrogen and oxygen atoms in total. The van der Waals surface area contributed by atoms with E-state index in [1.54, 1.807) is 18.7 Å². The van der Waals surface area contributed by atoms with E-state index in [9.17, 15) is 4.79 Å². The normalized spacial score (nSPS) is 19.9. The molecule has 0 aliphatic carbocycles. The van der Waals surface area contributed by atoms with Crippen LogP contribution in [0, 0.1) is 0 Å². The lowest BCUT2D eigenvalue weighted by molar-refractivity contribution is -0.119. The van der Waals surface area contributed by atoms with Crippen LogP contribution in [0.5, 0.6) is 0 Å². The molecule has 0 spiro atoms. The summed E-state index contributed by atoms with van der Waals surface area (Å²) >= 11 is 1.56. The Morgan fingerprint density at radius 2 is 2.13 bits per heavy atom. The molecule has 4 heteroatoms. The summed E-state index contributed by atoms with van der Waals surface area (Å²) in [5.74, 6) is 0.831. The molecule has 1 N–H and O–H groups in total. The van der Waals surface area contributed by atoms with Gasteiger partial charge in [0, 0.05) is 5.75 Å². The smallest absolute Gasteiger partial charge is 0.250 e. The van der Waals surface area contributed by atoms with Gasteiger partial charge in [-0.2, -0.15) is 0 Å². The molecule has 1 aromatic rings. The minimum absolute atomic E-state index is 0.00874. The highest BCUT2D eigenvalue weighted by Crippen LogP contribution is 2.15. The maximum absolute atomic E-state index is 11.2. The monoisotopic (exact) mass is 220 g/mol. The van der Waals surface area contributed by atoms with Gasteiger partial charge in [-0.25, -0.2) is 4.99 Å². The number of benzene rings is 1. The summed E-state index contributed by atoms with van der Waals surface area (Å²) < 4.78 is 0. The lowest BCUT2D eigenvalue weighted by Crippen LogP contribution is -2.25. The van der Waals surface area contributed by atoms with Gasteiger partial charge in [0.2, 0.25) is 0 Å². The van der Waals surface area contributed by atoms with Crippen LogP contribution in [0.2, 0.25) is 0 Å². The fourth-order valence-corrected chi connectivity index (χ4v) is 2.18.